The van der Waals surface area contributed by atoms with E-state index in [4.69, 9.17) is 32.7 Å². The molecule has 3 atom stereocenters. The first-order valence-electron chi connectivity index (χ1n) is 11.5. The van der Waals surface area contributed by atoms with Crippen LogP contribution in [0.4, 0.5) is 10.1 Å². The van der Waals surface area contributed by atoms with Crippen molar-refractivity contribution in [1.82, 2.24) is 0 Å². The summed E-state index contributed by atoms with van der Waals surface area (Å²) in [5, 5.41) is -0.463. The van der Waals surface area contributed by atoms with E-state index in [0.29, 0.717) is 11.8 Å². The van der Waals surface area contributed by atoms with E-state index in [1.165, 1.54) is 18.2 Å². The van der Waals surface area contributed by atoms with Gasteiger partial charge in [-0.25, -0.2) is 22.4 Å². The maximum absolute atomic E-state index is 13.9. The summed E-state index contributed by atoms with van der Waals surface area (Å²) in [6.45, 7) is 5.60. The van der Waals surface area contributed by atoms with Crippen LogP contribution in [-0.4, -0.2) is 33.1 Å². The molecule has 196 valence electrons. The van der Waals surface area contributed by atoms with Crippen LogP contribution in [0.25, 0.3) is 0 Å². The molecule has 2 aromatic carbocycles. The van der Waals surface area contributed by atoms with Crippen LogP contribution in [0.15, 0.2) is 41.3 Å². The number of rotatable bonds is 8. The Hall–Kier alpha value is -2.36. The van der Waals surface area contributed by atoms with Crippen molar-refractivity contribution in [2.75, 3.05) is 11.3 Å². The Morgan fingerprint density at radius 3 is 2.50 bits per heavy atom. The van der Waals surface area contributed by atoms with Gasteiger partial charge in [0.1, 0.15) is 16.8 Å². The molecule has 0 radical (unpaired) electrons. The summed E-state index contributed by atoms with van der Waals surface area (Å²) in [6, 6.07) is 7.14. The van der Waals surface area contributed by atoms with Gasteiger partial charge in [-0.05, 0) is 54.9 Å². The molecule has 1 saturated carbocycles. The number of sulfonamides is 1. The highest BCUT2D eigenvalue weighted by Crippen LogP contribution is 2.35. The van der Waals surface area contributed by atoms with Crippen molar-refractivity contribution in [1.29, 1.82) is 0 Å². The van der Waals surface area contributed by atoms with Crippen LogP contribution in [0.1, 0.15) is 50.4 Å². The third-order valence-corrected chi connectivity index (χ3v) is 8.36. The van der Waals surface area contributed by atoms with Gasteiger partial charge in [-0.3, -0.25) is 4.72 Å². The summed E-state index contributed by atoms with van der Waals surface area (Å²) in [5.41, 5.74) is -0.624. The minimum atomic E-state index is -4.39. The fourth-order valence-electron chi connectivity index (χ4n) is 4.29. The zero-order valence-corrected chi connectivity index (χ0v) is 22.4. The Kier molecular flexibility index (Phi) is 9.24. The molecule has 2 aromatic rings. The predicted octanol–water partition coefficient (Wildman–Crippen LogP) is 6.09. The lowest BCUT2D eigenvalue weighted by Crippen LogP contribution is -2.36. The zero-order valence-electron chi connectivity index (χ0n) is 20.1. The molecular formula is C25H28Cl2FNO6S. The summed E-state index contributed by atoms with van der Waals surface area (Å²) in [7, 11) is -4.39. The summed E-state index contributed by atoms with van der Waals surface area (Å²) in [6.07, 6.45) is 2.50. The second kappa shape index (κ2) is 11.8. The Morgan fingerprint density at radius 1 is 1.14 bits per heavy atom. The summed E-state index contributed by atoms with van der Waals surface area (Å²) in [4.78, 5) is 24.6. The van der Waals surface area contributed by atoms with Crippen molar-refractivity contribution in [2.24, 2.45) is 17.8 Å². The van der Waals surface area contributed by atoms with Gasteiger partial charge < -0.3 is 9.47 Å². The maximum atomic E-state index is 13.9. The molecular weight excluding hydrogens is 532 g/mol. The highest BCUT2D eigenvalue weighted by Gasteiger charge is 2.33. The van der Waals surface area contributed by atoms with Crippen LogP contribution in [-0.2, 0) is 24.3 Å². The van der Waals surface area contributed by atoms with Gasteiger partial charge >= 0.3 is 11.9 Å². The largest absolute Gasteiger partial charge is 0.460 e. The van der Waals surface area contributed by atoms with Gasteiger partial charge in [-0.2, -0.15) is 0 Å². The number of anilines is 1. The molecule has 0 aromatic heterocycles. The van der Waals surface area contributed by atoms with Gasteiger partial charge in [0, 0.05) is 0 Å². The predicted molar refractivity (Wildman–Crippen MR) is 135 cm³/mol. The van der Waals surface area contributed by atoms with Gasteiger partial charge in [-0.1, -0.05) is 62.5 Å². The Bertz CT molecular complexity index is 1240. The number of benzene rings is 2. The summed E-state index contributed by atoms with van der Waals surface area (Å²) in [5.74, 6) is -1.55. The molecule has 3 unspecified atom stereocenters. The smallest absolute Gasteiger partial charge is 0.344 e. The molecule has 1 aliphatic carbocycles. The molecule has 1 aliphatic rings. The maximum Gasteiger partial charge on any atom is 0.344 e. The summed E-state index contributed by atoms with van der Waals surface area (Å²) < 4.78 is 52.4. The average Bonchev–Trinajstić information content (AvgIpc) is 2.78. The first-order valence-corrected chi connectivity index (χ1v) is 13.8. The van der Waals surface area contributed by atoms with Gasteiger partial charge in [-0.15, -0.1) is 0 Å². The molecule has 1 fully saturated rings. The zero-order chi connectivity index (χ0) is 26.6. The Balaban J connectivity index is 1.71. The minimum absolute atomic E-state index is 0.177. The first kappa shape index (κ1) is 28.2. The molecule has 36 heavy (non-hydrogen) atoms. The van der Waals surface area contributed by atoms with Crippen LogP contribution >= 0.6 is 23.2 Å². The molecule has 0 aliphatic heterocycles. The van der Waals surface area contributed by atoms with E-state index >= 15 is 0 Å². The number of nitrogens with one attached hydrogen (secondary N) is 1. The number of carbonyl (C=O) groups is 2. The van der Waals surface area contributed by atoms with Gasteiger partial charge in [0.25, 0.3) is 10.0 Å². The third kappa shape index (κ3) is 6.89. The van der Waals surface area contributed by atoms with Gasteiger partial charge in [0.05, 0.1) is 21.3 Å². The number of halogens is 3. The minimum Gasteiger partial charge on any atom is -0.460 e. The van der Waals surface area contributed by atoms with Gasteiger partial charge in [0.15, 0.2) is 6.61 Å². The quantitative estimate of drug-likeness (QED) is 0.392. The molecule has 1 N–H and O–H groups in total. The fourth-order valence-corrected chi connectivity index (χ4v) is 6.21. The van der Waals surface area contributed by atoms with Crippen LogP contribution < -0.4 is 4.72 Å². The molecule has 0 spiro atoms. The lowest BCUT2D eigenvalue weighted by molar-refractivity contribution is -0.159. The average molecular weight is 560 g/mol. The van der Waals surface area contributed by atoms with E-state index in [2.05, 4.69) is 25.5 Å². The molecule has 0 heterocycles. The van der Waals surface area contributed by atoms with E-state index in [1.54, 1.807) is 0 Å². The number of ether oxygens (including phenoxy) is 2. The van der Waals surface area contributed by atoms with E-state index in [-0.39, 0.29) is 33.3 Å². The first-order chi connectivity index (χ1) is 16.9. The number of para-hydroxylation sites is 1. The lowest BCUT2D eigenvalue weighted by Gasteiger charge is -2.36. The SMILES string of the molecule is CC1CCC(C(C)C)C(OC(=O)COC(=O)c2cc(S(=O)(=O)Nc3ccccc3F)c(Cl)cc2Cl)C1. The van der Waals surface area contributed by atoms with E-state index in [1.807, 2.05) is 0 Å². The van der Waals surface area contributed by atoms with Gasteiger partial charge in [0.2, 0.25) is 0 Å². The number of hydrogen-bond acceptors (Lipinski definition) is 6. The highest BCUT2D eigenvalue weighted by molar-refractivity contribution is 7.92. The number of esters is 2. The second-order valence-corrected chi connectivity index (χ2v) is 11.7. The van der Waals surface area contributed by atoms with Crippen LogP contribution in [0, 0.1) is 23.6 Å². The second-order valence-electron chi connectivity index (χ2n) is 9.28. The molecule has 3 rings (SSSR count). The normalized spacial score (nSPS) is 20.1. The standard InChI is InChI=1S/C25H28Cl2FNO6S/c1-14(2)16-9-8-15(3)10-22(16)35-24(30)13-34-25(31)17-11-23(19(27)12-18(17)26)36(32,33)29-21-7-5-4-6-20(21)28/h4-7,11-12,14-16,22,29H,8-10,13H2,1-3H3. The van der Waals surface area contributed by atoms with E-state index < -0.39 is 39.3 Å². The van der Waals surface area contributed by atoms with Crippen molar-refractivity contribution in [3.63, 3.8) is 0 Å². The van der Waals surface area contributed by atoms with Crippen molar-refractivity contribution < 1.29 is 31.9 Å². The van der Waals surface area contributed by atoms with Crippen LogP contribution in [0.5, 0.6) is 0 Å². The van der Waals surface area contributed by atoms with Crippen molar-refractivity contribution in [3.05, 3.63) is 57.8 Å². The van der Waals surface area contributed by atoms with Crippen molar-refractivity contribution in [2.45, 2.75) is 51.0 Å². The molecule has 0 saturated heterocycles. The lowest BCUT2D eigenvalue weighted by atomic mass is 9.75. The van der Waals surface area contributed by atoms with E-state index in [9.17, 15) is 22.4 Å². The monoisotopic (exact) mass is 559 g/mol. The van der Waals surface area contributed by atoms with Crippen molar-refractivity contribution in [3.8, 4) is 0 Å². The van der Waals surface area contributed by atoms with Crippen LogP contribution in [0.2, 0.25) is 10.0 Å². The number of carbonyl (C=O) groups excluding carboxylic acids is 2. The topological polar surface area (TPSA) is 98.8 Å². The van der Waals surface area contributed by atoms with Crippen molar-refractivity contribution >= 4 is 50.9 Å². The van der Waals surface area contributed by atoms with Crippen LogP contribution in [0.3, 0.4) is 0 Å². The fraction of sp³-hybridized carbons (Fsp3) is 0.440. The Labute approximate surface area is 220 Å². The Morgan fingerprint density at radius 2 is 1.83 bits per heavy atom. The van der Waals surface area contributed by atoms with E-state index in [0.717, 1.165) is 37.5 Å². The highest BCUT2D eigenvalue weighted by atomic mass is 35.5. The number of hydrogen-bond donors (Lipinski definition) is 1. The summed E-state index contributed by atoms with van der Waals surface area (Å²) >= 11 is 12.2. The third-order valence-electron chi connectivity index (χ3n) is 6.21. The molecule has 7 nitrogen and oxygen atoms in total. The molecule has 0 amide bonds. The molecule has 11 heteroatoms. The molecule has 0 bridgehead atoms.